The summed E-state index contributed by atoms with van der Waals surface area (Å²) >= 11 is 0. The second-order valence-electron chi connectivity index (χ2n) is 8.86. The highest BCUT2D eigenvalue weighted by atomic mass is 32.2. The number of hydrogen-bond acceptors (Lipinski definition) is 4. The molecule has 8 heteroatoms. The zero-order valence-corrected chi connectivity index (χ0v) is 19.0. The molecule has 0 N–H and O–H groups in total. The fourth-order valence-electron chi connectivity index (χ4n) is 5.26. The van der Waals surface area contributed by atoms with Crippen LogP contribution in [0.1, 0.15) is 87.0 Å². The lowest BCUT2D eigenvalue weighted by Crippen LogP contribution is -2.32. The minimum Gasteiger partial charge on any atom is -0.492 e. The van der Waals surface area contributed by atoms with Crippen LogP contribution in [0.4, 0.5) is 13.2 Å². The summed E-state index contributed by atoms with van der Waals surface area (Å²) in [6.07, 6.45) is 4.78. The van der Waals surface area contributed by atoms with Crippen LogP contribution in [0.5, 0.6) is 11.5 Å². The van der Waals surface area contributed by atoms with E-state index in [0.717, 1.165) is 36.0 Å². The molecular formula is C22H29F3O4S. The summed E-state index contributed by atoms with van der Waals surface area (Å²) in [6, 6.07) is 0. The van der Waals surface area contributed by atoms with Gasteiger partial charge in [-0.3, -0.25) is 0 Å². The Hall–Kier alpha value is -1.70. The number of alkyl halides is 3. The van der Waals surface area contributed by atoms with Crippen LogP contribution >= 0.6 is 0 Å². The third kappa shape index (κ3) is 3.72. The van der Waals surface area contributed by atoms with E-state index in [1.54, 1.807) is 6.92 Å². The minimum atomic E-state index is -5.81. The molecule has 0 heterocycles. The Morgan fingerprint density at radius 2 is 1.70 bits per heavy atom. The molecule has 0 aliphatic heterocycles. The molecule has 0 saturated heterocycles. The van der Waals surface area contributed by atoms with Crippen molar-refractivity contribution in [1.29, 1.82) is 0 Å². The lowest BCUT2D eigenvalue weighted by molar-refractivity contribution is -0.0501. The molecule has 4 nitrogen and oxygen atoms in total. The summed E-state index contributed by atoms with van der Waals surface area (Å²) in [5.41, 5.74) is -1.15. The van der Waals surface area contributed by atoms with Crippen LogP contribution in [0, 0.1) is 12.8 Å². The van der Waals surface area contributed by atoms with E-state index in [1.165, 1.54) is 7.11 Å². The van der Waals surface area contributed by atoms with Crippen molar-refractivity contribution in [1.82, 2.24) is 0 Å². The normalized spacial score (nSPS) is 26.0. The Labute approximate surface area is 176 Å². The smallest absolute Gasteiger partial charge is 0.492 e. The molecule has 3 rings (SSSR count). The van der Waals surface area contributed by atoms with Gasteiger partial charge in [0.1, 0.15) is 0 Å². The Bertz CT molecular complexity index is 975. The lowest BCUT2D eigenvalue weighted by Gasteiger charge is -2.43. The Balaban J connectivity index is 2.37. The van der Waals surface area contributed by atoms with Crippen LogP contribution < -0.4 is 8.92 Å². The van der Waals surface area contributed by atoms with E-state index in [1.807, 2.05) is 20.8 Å². The van der Waals surface area contributed by atoms with Crippen molar-refractivity contribution in [2.24, 2.45) is 5.92 Å². The molecule has 1 aromatic carbocycles. The van der Waals surface area contributed by atoms with Crippen LogP contribution in [0.3, 0.4) is 0 Å². The number of rotatable bonds is 4. The second kappa shape index (κ2) is 7.77. The zero-order valence-electron chi connectivity index (χ0n) is 18.2. The first-order valence-corrected chi connectivity index (χ1v) is 11.6. The number of methoxy groups -OCH3 is 1. The molecule has 1 aromatic rings. The van der Waals surface area contributed by atoms with Crippen molar-refractivity contribution in [3.63, 3.8) is 0 Å². The standard InChI is InChI=1S/C22H29F3O4S/c1-11(2)9-15-10-13(4)16-8-7-12(3)17-19(16)18(15)14(5)20(28-6)21(17)29-30(26,27)22(23,24)25/h9,12-13,15-16H,7-8,10H2,1-6H3/t12-,13-,15+,16+/m0/s1. The van der Waals surface area contributed by atoms with Gasteiger partial charge in [-0.25, -0.2) is 0 Å². The highest BCUT2D eigenvalue weighted by Gasteiger charge is 2.50. The van der Waals surface area contributed by atoms with Gasteiger partial charge in [-0.15, -0.1) is 0 Å². The average Bonchev–Trinajstić information content (AvgIpc) is 2.59. The van der Waals surface area contributed by atoms with Crippen molar-refractivity contribution < 1.29 is 30.5 Å². The third-order valence-electron chi connectivity index (χ3n) is 6.45. The zero-order chi connectivity index (χ0) is 22.6. The number of halogens is 3. The molecule has 0 amide bonds. The Kier molecular flexibility index (Phi) is 5.95. The topological polar surface area (TPSA) is 52.6 Å². The van der Waals surface area contributed by atoms with E-state index in [9.17, 15) is 21.6 Å². The van der Waals surface area contributed by atoms with E-state index in [4.69, 9.17) is 8.92 Å². The Morgan fingerprint density at radius 3 is 2.23 bits per heavy atom. The molecule has 0 bridgehead atoms. The Morgan fingerprint density at radius 1 is 1.07 bits per heavy atom. The molecule has 0 spiro atoms. The first-order valence-electron chi connectivity index (χ1n) is 10.2. The van der Waals surface area contributed by atoms with E-state index in [2.05, 4.69) is 13.0 Å². The van der Waals surface area contributed by atoms with Crippen molar-refractivity contribution in [3.05, 3.63) is 33.9 Å². The molecule has 0 aromatic heterocycles. The fraction of sp³-hybridized carbons (Fsp3) is 0.636. The molecule has 2 aliphatic carbocycles. The predicted octanol–water partition coefficient (Wildman–Crippen LogP) is 6.30. The number of hydrogen-bond donors (Lipinski definition) is 0. The maximum absolute atomic E-state index is 13.1. The van der Waals surface area contributed by atoms with Crippen molar-refractivity contribution in [3.8, 4) is 11.5 Å². The second-order valence-corrected chi connectivity index (χ2v) is 10.4. The van der Waals surface area contributed by atoms with Gasteiger partial charge in [0.05, 0.1) is 7.11 Å². The molecule has 2 aliphatic rings. The number of ether oxygens (including phenoxy) is 1. The highest BCUT2D eigenvalue weighted by Crippen LogP contribution is 2.58. The summed E-state index contributed by atoms with van der Waals surface area (Å²) in [5.74, 6) is 0.222. The van der Waals surface area contributed by atoms with Gasteiger partial charge in [-0.05, 0) is 74.5 Å². The molecule has 0 fully saturated rings. The summed E-state index contributed by atoms with van der Waals surface area (Å²) in [5, 5.41) is 0. The predicted molar refractivity (Wildman–Crippen MR) is 110 cm³/mol. The van der Waals surface area contributed by atoms with Crippen molar-refractivity contribution >= 4 is 10.1 Å². The van der Waals surface area contributed by atoms with Gasteiger partial charge in [0, 0.05) is 11.5 Å². The van der Waals surface area contributed by atoms with Gasteiger partial charge in [-0.2, -0.15) is 21.6 Å². The summed E-state index contributed by atoms with van der Waals surface area (Å²) in [7, 11) is -4.48. The molecule has 0 radical (unpaired) electrons. The summed E-state index contributed by atoms with van der Waals surface area (Å²) in [6.45, 7) is 9.88. The largest absolute Gasteiger partial charge is 0.534 e. The SMILES string of the molecule is COc1c(C)c2c3c(c1OS(=O)(=O)C(F)(F)F)[C@@H](C)CC[C@@H]3[C@@H](C)C[C@H]2C=C(C)C. The first-order chi connectivity index (χ1) is 13.8. The third-order valence-corrected chi connectivity index (χ3v) is 7.40. The maximum atomic E-state index is 13.1. The van der Waals surface area contributed by atoms with Gasteiger partial charge < -0.3 is 8.92 Å². The maximum Gasteiger partial charge on any atom is 0.534 e. The highest BCUT2D eigenvalue weighted by molar-refractivity contribution is 7.88. The quantitative estimate of drug-likeness (QED) is 0.309. The molecular weight excluding hydrogens is 417 g/mol. The van der Waals surface area contributed by atoms with Gasteiger partial charge in [0.2, 0.25) is 0 Å². The van der Waals surface area contributed by atoms with E-state index in [0.29, 0.717) is 17.0 Å². The molecule has 30 heavy (non-hydrogen) atoms. The monoisotopic (exact) mass is 446 g/mol. The van der Waals surface area contributed by atoms with Crippen LogP contribution in [0.25, 0.3) is 0 Å². The van der Waals surface area contributed by atoms with E-state index in [-0.39, 0.29) is 29.3 Å². The number of benzene rings is 1. The van der Waals surface area contributed by atoms with Crippen LogP contribution in [-0.4, -0.2) is 21.0 Å². The minimum absolute atomic E-state index is 0.0748. The summed E-state index contributed by atoms with van der Waals surface area (Å²) in [4.78, 5) is 0. The van der Waals surface area contributed by atoms with Crippen molar-refractivity contribution in [2.75, 3.05) is 7.11 Å². The van der Waals surface area contributed by atoms with Crippen molar-refractivity contribution in [2.45, 2.75) is 77.1 Å². The fourth-order valence-corrected chi connectivity index (χ4v) is 5.74. The first kappa shape index (κ1) is 23.0. The van der Waals surface area contributed by atoms with Crippen LogP contribution in [-0.2, 0) is 10.1 Å². The van der Waals surface area contributed by atoms with Gasteiger partial charge >= 0.3 is 15.6 Å². The molecule has 168 valence electrons. The molecule has 0 saturated carbocycles. The van der Waals surface area contributed by atoms with Gasteiger partial charge in [0.25, 0.3) is 0 Å². The van der Waals surface area contributed by atoms with Gasteiger partial charge in [0.15, 0.2) is 11.5 Å². The molecule has 0 unspecified atom stereocenters. The summed E-state index contributed by atoms with van der Waals surface area (Å²) < 4.78 is 73.4. The van der Waals surface area contributed by atoms with E-state index >= 15 is 0 Å². The number of allylic oxidation sites excluding steroid dienone is 2. The van der Waals surface area contributed by atoms with Crippen LogP contribution in [0.15, 0.2) is 11.6 Å². The average molecular weight is 447 g/mol. The molecule has 4 atom stereocenters. The van der Waals surface area contributed by atoms with E-state index < -0.39 is 15.6 Å². The van der Waals surface area contributed by atoms with Crippen LogP contribution in [0.2, 0.25) is 0 Å². The van der Waals surface area contributed by atoms with Gasteiger partial charge in [-0.1, -0.05) is 25.5 Å². The lowest BCUT2D eigenvalue weighted by atomic mass is 9.62.